The van der Waals surface area contributed by atoms with E-state index >= 15 is 0 Å². The van der Waals surface area contributed by atoms with Gasteiger partial charge >= 0.3 is 5.82 Å². The Morgan fingerprint density at radius 1 is 1.46 bits per heavy atom. The van der Waals surface area contributed by atoms with E-state index in [9.17, 15) is 14.9 Å². The SMILES string of the molecule is NC(=O)c1n[nH]c2ccc(Nc3nc4sccn4c3[N+](=O)[O-])cc12. The number of amides is 1. The zero-order valence-corrected chi connectivity index (χ0v) is 12.7. The number of benzene rings is 1. The molecule has 0 atom stereocenters. The number of carbonyl (C=O) groups excluding carboxylic acids is 1. The lowest BCUT2D eigenvalue weighted by Crippen LogP contribution is -2.11. The molecule has 10 nitrogen and oxygen atoms in total. The molecule has 3 heterocycles. The number of hydrogen-bond donors (Lipinski definition) is 3. The molecule has 1 aromatic carbocycles. The number of imidazole rings is 1. The number of thiazole rings is 1. The van der Waals surface area contributed by atoms with Crippen LogP contribution >= 0.6 is 11.3 Å². The average Bonchev–Trinajstić information content (AvgIpc) is 3.19. The van der Waals surface area contributed by atoms with E-state index in [1.807, 2.05) is 0 Å². The Morgan fingerprint density at radius 3 is 3.04 bits per heavy atom. The van der Waals surface area contributed by atoms with Gasteiger partial charge in [-0.05, 0) is 23.1 Å². The average molecular weight is 343 g/mol. The van der Waals surface area contributed by atoms with E-state index in [1.165, 1.54) is 15.7 Å². The van der Waals surface area contributed by atoms with Crippen LogP contribution in [0.4, 0.5) is 17.3 Å². The lowest BCUT2D eigenvalue weighted by molar-refractivity contribution is -0.389. The Kier molecular flexibility index (Phi) is 2.96. The van der Waals surface area contributed by atoms with Gasteiger partial charge in [-0.15, -0.1) is 0 Å². The van der Waals surface area contributed by atoms with Crippen molar-refractivity contribution in [1.82, 2.24) is 19.6 Å². The van der Waals surface area contributed by atoms with Gasteiger partial charge in [0, 0.05) is 16.5 Å². The third kappa shape index (κ3) is 2.06. The maximum Gasteiger partial charge on any atom is 0.373 e. The number of aromatic amines is 1. The first kappa shape index (κ1) is 14.1. The molecule has 0 aliphatic rings. The normalized spacial score (nSPS) is 11.2. The minimum Gasteiger partial charge on any atom is -0.364 e. The zero-order chi connectivity index (χ0) is 16.8. The van der Waals surface area contributed by atoms with Gasteiger partial charge in [0.2, 0.25) is 5.82 Å². The molecule has 0 saturated carbocycles. The largest absolute Gasteiger partial charge is 0.373 e. The maximum atomic E-state index is 11.4. The number of carbonyl (C=O) groups is 1. The van der Waals surface area contributed by atoms with Gasteiger partial charge in [0.05, 0.1) is 5.52 Å². The number of nitrogens with two attached hydrogens (primary N) is 1. The number of H-pyrrole nitrogens is 1. The summed E-state index contributed by atoms with van der Waals surface area (Å²) in [6.45, 7) is 0. The number of hydrogen-bond acceptors (Lipinski definition) is 7. The summed E-state index contributed by atoms with van der Waals surface area (Å²) in [5, 5.41) is 23.1. The molecule has 0 bridgehead atoms. The number of nitro groups is 1. The predicted octanol–water partition coefficient (Wildman–Crippen LogP) is 2.02. The standard InChI is InChI=1S/C13H9N7O3S/c14-10(21)9-7-5-6(1-2-8(7)17-18-9)15-11-12(20(22)23)19-3-4-24-13(19)16-11/h1-5,15H,(H2,14,21)(H,17,18). The molecule has 4 aromatic rings. The highest BCUT2D eigenvalue weighted by Gasteiger charge is 2.24. The smallest absolute Gasteiger partial charge is 0.364 e. The van der Waals surface area contributed by atoms with Crippen molar-refractivity contribution in [2.75, 3.05) is 5.32 Å². The van der Waals surface area contributed by atoms with Gasteiger partial charge in [0.15, 0.2) is 5.69 Å². The fourth-order valence-corrected chi connectivity index (χ4v) is 3.16. The summed E-state index contributed by atoms with van der Waals surface area (Å²) < 4.78 is 1.40. The second kappa shape index (κ2) is 5.03. The lowest BCUT2D eigenvalue weighted by Gasteiger charge is -2.03. The van der Waals surface area contributed by atoms with Gasteiger partial charge < -0.3 is 21.2 Å². The minimum atomic E-state index is -0.660. The molecule has 0 unspecified atom stereocenters. The van der Waals surface area contributed by atoms with Crippen LogP contribution in [0.2, 0.25) is 0 Å². The molecular formula is C13H9N7O3S. The molecule has 4 N–H and O–H groups in total. The molecule has 0 aliphatic carbocycles. The Labute approximate surface area is 137 Å². The first-order chi connectivity index (χ1) is 11.5. The minimum absolute atomic E-state index is 0.106. The number of rotatable bonds is 4. The first-order valence-electron chi connectivity index (χ1n) is 6.69. The van der Waals surface area contributed by atoms with Gasteiger partial charge in [-0.1, -0.05) is 11.3 Å². The second-order valence-corrected chi connectivity index (χ2v) is 5.79. The van der Waals surface area contributed by atoms with Crippen LogP contribution in [0.5, 0.6) is 0 Å². The molecule has 24 heavy (non-hydrogen) atoms. The molecule has 0 radical (unpaired) electrons. The predicted molar refractivity (Wildman–Crippen MR) is 87.6 cm³/mol. The Bertz CT molecular complexity index is 1110. The molecule has 0 saturated heterocycles. The highest BCUT2D eigenvalue weighted by molar-refractivity contribution is 7.15. The number of aromatic nitrogens is 4. The molecule has 0 fully saturated rings. The van der Waals surface area contributed by atoms with Crippen LogP contribution < -0.4 is 11.1 Å². The van der Waals surface area contributed by atoms with Gasteiger partial charge in [-0.2, -0.15) is 14.5 Å². The topological polar surface area (TPSA) is 144 Å². The van der Waals surface area contributed by atoms with Crippen molar-refractivity contribution in [1.29, 1.82) is 0 Å². The van der Waals surface area contributed by atoms with E-state index in [-0.39, 0.29) is 17.3 Å². The molecule has 11 heteroatoms. The van der Waals surface area contributed by atoms with Crippen LogP contribution in [0, 0.1) is 10.1 Å². The van der Waals surface area contributed by atoms with Gasteiger partial charge in [0.25, 0.3) is 10.9 Å². The quantitative estimate of drug-likeness (QED) is 0.382. The van der Waals surface area contributed by atoms with E-state index < -0.39 is 10.8 Å². The van der Waals surface area contributed by atoms with Crippen LogP contribution in [0.1, 0.15) is 10.5 Å². The first-order valence-corrected chi connectivity index (χ1v) is 7.57. The van der Waals surface area contributed by atoms with E-state index in [4.69, 9.17) is 5.73 Å². The number of primary amides is 1. The molecule has 0 spiro atoms. The van der Waals surface area contributed by atoms with Crippen LogP contribution in [-0.2, 0) is 0 Å². The van der Waals surface area contributed by atoms with E-state index in [0.717, 1.165) is 0 Å². The van der Waals surface area contributed by atoms with Crippen molar-refractivity contribution < 1.29 is 9.72 Å². The summed E-state index contributed by atoms with van der Waals surface area (Å²) in [5.74, 6) is -0.698. The van der Waals surface area contributed by atoms with E-state index in [2.05, 4.69) is 20.5 Å². The second-order valence-electron chi connectivity index (χ2n) is 4.92. The van der Waals surface area contributed by atoms with Crippen LogP contribution in [-0.4, -0.2) is 30.4 Å². The van der Waals surface area contributed by atoms with Gasteiger partial charge in [-0.3, -0.25) is 9.89 Å². The molecule has 1 amide bonds. The van der Waals surface area contributed by atoms with Gasteiger partial charge in [-0.25, -0.2) is 0 Å². The highest BCUT2D eigenvalue weighted by atomic mass is 32.1. The lowest BCUT2D eigenvalue weighted by atomic mass is 10.2. The zero-order valence-electron chi connectivity index (χ0n) is 11.9. The summed E-state index contributed by atoms with van der Waals surface area (Å²) in [7, 11) is 0. The Balaban J connectivity index is 1.80. The molecule has 0 aliphatic heterocycles. The van der Waals surface area contributed by atoms with Crippen molar-refractivity contribution in [3.8, 4) is 0 Å². The van der Waals surface area contributed by atoms with Crippen LogP contribution in [0.15, 0.2) is 29.8 Å². The molecular weight excluding hydrogens is 334 g/mol. The van der Waals surface area contributed by atoms with E-state index in [0.29, 0.717) is 21.6 Å². The van der Waals surface area contributed by atoms with Crippen LogP contribution in [0.3, 0.4) is 0 Å². The van der Waals surface area contributed by atoms with Gasteiger partial charge in [0.1, 0.15) is 6.20 Å². The third-order valence-electron chi connectivity index (χ3n) is 3.47. The van der Waals surface area contributed by atoms with Crippen molar-refractivity contribution in [3.63, 3.8) is 0 Å². The summed E-state index contributed by atoms with van der Waals surface area (Å²) in [5.41, 5.74) is 6.55. The number of fused-ring (bicyclic) bond motifs is 2. The number of anilines is 2. The van der Waals surface area contributed by atoms with E-state index in [1.54, 1.807) is 29.8 Å². The van der Waals surface area contributed by atoms with Crippen molar-refractivity contribution in [3.05, 3.63) is 45.6 Å². The fraction of sp³-hybridized carbons (Fsp3) is 0. The summed E-state index contributed by atoms with van der Waals surface area (Å²) in [6, 6.07) is 5.03. The Hall–Kier alpha value is -3.47. The monoisotopic (exact) mass is 343 g/mol. The maximum absolute atomic E-state index is 11.4. The summed E-state index contributed by atoms with van der Waals surface area (Å²) in [4.78, 5) is 27.0. The number of nitrogens with one attached hydrogen (secondary N) is 2. The summed E-state index contributed by atoms with van der Waals surface area (Å²) >= 11 is 1.29. The van der Waals surface area contributed by atoms with Crippen LogP contribution in [0.25, 0.3) is 15.9 Å². The molecule has 120 valence electrons. The van der Waals surface area contributed by atoms with Crippen molar-refractivity contribution in [2.24, 2.45) is 5.73 Å². The molecule has 3 aromatic heterocycles. The highest BCUT2D eigenvalue weighted by Crippen LogP contribution is 2.31. The number of nitrogens with zero attached hydrogens (tertiary/aromatic N) is 4. The van der Waals surface area contributed by atoms with Crippen molar-refractivity contribution in [2.45, 2.75) is 0 Å². The summed E-state index contributed by atoms with van der Waals surface area (Å²) in [6.07, 6.45) is 1.58. The third-order valence-corrected chi connectivity index (χ3v) is 4.23. The Morgan fingerprint density at radius 2 is 2.29 bits per heavy atom. The molecule has 4 rings (SSSR count). The fourth-order valence-electron chi connectivity index (χ4n) is 2.45. The van der Waals surface area contributed by atoms with Crippen molar-refractivity contribution >= 4 is 50.4 Å².